The van der Waals surface area contributed by atoms with Crippen molar-refractivity contribution in [2.45, 2.75) is 18.9 Å². The van der Waals surface area contributed by atoms with Crippen LogP contribution in [-0.2, 0) is 4.79 Å². The zero-order valence-corrected chi connectivity index (χ0v) is 10.8. The number of carbonyl (C=O) groups excluding carboxylic acids is 1. The van der Waals surface area contributed by atoms with E-state index in [-0.39, 0.29) is 16.8 Å². The molecule has 0 bridgehead atoms. The average molecular weight is 285 g/mol. The second-order valence-electron chi connectivity index (χ2n) is 4.54. The smallest absolute Gasteiger partial charge is 0.293 e. The number of carboxylic acids is 1. The Hall–Kier alpha value is -3.13. The fourth-order valence-electron chi connectivity index (χ4n) is 2.44. The van der Waals surface area contributed by atoms with E-state index in [9.17, 15) is 20.0 Å². The topological polar surface area (TPSA) is 134 Å². The fraction of sp³-hybridized carbons (Fsp3) is 0.308. The molecular formula is C13H9N4O4-. The van der Waals surface area contributed by atoms with Gasteiger partial charge in [0.05, 0.1) is 28.1 Å². The lowest BCUT2D eigenvalue weighted by Gasteiger charge is -2.27. The highest BCUT2D eigenvalue weighted by Gasteiger charge is 2.31. The summed E-state index contributed by atoms with van der Waals surface area (Å²) < 4.78 is 0. The minimum absolute atomic E-state index is 0.0258. The molecule has 106 valence electrons. The van der Waals surface area contributed by atoms with E-state index in [0.29, 0.717) is 19.4 Å². The second-order valence-corrected chi connectivity index (χ2v) is 4.54. The first kappa shape index (κ1) is 14.3. The van der Waals surface area contributed by atoms with E-state index in [2.05, 4.69) is 0 Å². The third-order valence-corrected chi connectivity index (χ3v) is 3.39. The van der Waals surface area contributed by atoms with Crippen molar-refractivity contribution >= 4 is 17.3 Å². The van der Waals surface area contributed by atoms with Crippen LogP contribution in [0, 0.1) is 32.8 Å². The Labute approximate surface area is 119 Å². The summed E-state index contributed by atoms with van der Waals surface area (Å²) >= 11 is 0. The van der Waals surface area contributed by atoms with E-state index in [1.165, 1.54) is 11.0 Å². The van der Waals surface area contributed by atoms with Crippen LogP contribution in [0.1, 0.15) is 24.0 Å². The molecule has 1 fully saturated rings. The summed E-state index contributed by atoms with van der Waals surface area (Å²) in [4.78, 5) is 22.9. The van der Waals surface area contributed by atoms with Crippen LogP contribution in [0.25, 0.3) is 0 Å². The highest BCUT2D eigenvalue weighted by molar-refractivity contribution is 5.80. The van der Waals surface area contributed by atoms with Crippen molar-refractivity contribution < 1.29 is 14.8 Å². The van der Waals surface area contributed by atoms with Gasteiger partial charge in [-0.25, -0.2) is 0 Å². The Balaban J connectivity index is 2.62. The van der Waals surface area contributed by atoms with E-state index in [1.54, 1.807) is 12.1 Å². The third-order valence-electron chi connectivity index (χ3n) is 3.39. The van der Waals surface area contributed by atoms with Gasteiger partial charge in [-0.2, -0.15) is 10.5 Å². The van der Waals surface area contributed by atoms with Crippen LogP contribution in [0.2, 0.25) is 0 Å². The van der Waals surface area contributed by atoms with Crippen LogP contribution in [0.4, 0.5) is 11.4 Å². The molecule has 0 aliphatic carbocycles. The zero-order valence-electron chi connectivity index (χ0n) is 10.8. The monoisotopic (exact) mass is 285 g/mol. The summed E-state index contributed by atoms with van der Waals surface area (Å²) in [6, 6.07) is 4.73. The second kappa shape index (κ2) is 5.47. The van der Waals surface area contributed by atoms with Crippen molar-refractivity contribution in [2.24, 2.45) is 0 Å². The molecule has 0 unspecified atom stereocenters. The van der Waals surface area contributed by atoms with Crippen LogP contribution >= 0.6 is 0 Å². The first-order valence-electron chi connectivity index (χ1n) is 6.09. The minimum Gasteiger partial charge on any atom is -0.548 e. The van der Waals surface area contributed by atoms with Crippen molar-refractivity contribution in [3.63, 3.8) is 0 Å². The number of rotatable bonds is 3. The lowest BCUT2D eigenvalue weighted by Crippen LogP contribution is -2.44. The summed E-state index contributed by atoms with van der Waals surface area (Å²) in [7, 11) is 0. The van der Waals surface area contributed by atoms with E-state index in [4.69, 9.17) is 10.5 Å². The number of anilines is 1. The molecule has 1 atom stereocenters. The van der Waals surface area contributed by atoms with Crippen LogP contribution in [-0.4, -0.2) is 23.5 Å². The van der Waals surface area contributed by atoms with Gasteiger partial charge in [-0.1, -0.05) is 0 Å². The van der Waals surface area contributed by atoms with Gasteiger partial charge in [0, 0.05) is 12.6 Å². The maximum absolute atomic E-state index is 11.1. The standard InChI is InChI=1S/C13H10N4O4/c14-6-8-4-11(12(17(20)21)5-9(8)7-15)16-3-1-2-10(16)13(18)19/h4-5,10H,1-3H2,(H,18,19)/p-1/t10-/m1/s1. The zero-order chi connectivity index (χ0) is 15.6. The molecule has 1 heterocycles. The number of carboxylic acid groups (broad SMARTS) is 1. The number of hydrogen-bond acceptors (Lipinski definition) is 7. The van der Waals surface area contributed by atoms with E-state index in [1.807, 2.05) is 0 Å². The molecule has 8 heteroatoms. The summed E-state index contributed by atoms with van der Waals surface area (Å²) in [5.74, 6) is -1.32. The molecule has 8 nitrogen and oxygen atoms in total. The number of benzene rings is 1. The Morgan fingerprint density at radius 2 is 1.95 bits per heavy atom. The molecule has 0 N–H and O–H groups in total. The maximum Gasteiger partial charge on any atom is 0.293 e. The van der Waals surface area contributed by atoms with E-state index < -0.39 is 22.6 Å². The normalized spacial score (nSPS) is 17.0. The largest absolute Gasteiger partial charge is 0.548 e. The van der Waals surface area contributed by atoms with Crippen LogP contribution < -0.4 is 10.0 Å². The van der Waals surface area contributed by atoms with Crippen molar-refractivity contribution in [3.8, 4) is 12.1 Å². The average Bonchev–Trinajstić information content (AvgIpc) is 2.95. The molecule has 0 radical (unpaired) electrons. The lowest BCUT2D eigenvalue weighted by molar-refractivity contribution is -0.384. The SMILES string of the molecule is N#Cc1cc(N2CCC[C@@H]2C(=O)[O-])c([N+](=O)[O-])cc1C#N. The van der Waals surface area contributed by atoms with Gasteiger partial charge < -0.3 is 14.8 Å². The molecule has 0 spiro atoms. The van der Waals surface area contributed by atoms with Crippen molar-refractivity contribution in [2.75, 3.05) is 11.4 Å². The van der Waals surface area contributed by atoms with Crippen LogP contribution in [0.15, 0.2) is 12.1 Å². The lowest BCUT2D eigenvalue weighted by atomic mass is 10.1. The molecular weight excluding hydrogens is 276 g/mol. The quantitative estimate of drug-likeness (QED) is 0.565. The van der Waals surface area contributed by atoms with E-state index in [0.717, 1.165) is 6.07 Å². The highest BCUT2D eigenvalue weighted by Crippen LogP contribution is 2.35. The van der Waals surface area contributed by atoms with Gasteiger partial charge in [-0.05, 0) is 18.9 Å². The van der Waals surface area contributed by atoms with E-state index >= 15 is 0 Å². The van der Waals surface area contributed by atoms with Crippen molar-refractivity contribution in [1.29, 1.82) is 10.5 Å². The van der Waals surface area contributed by atoms with Crippen molar-refractivity contribution in [1.82, 2.24) is 0 Å². The molecule has 1 aliphatic heterocycles. The maximum atomic E-state index is 11.1. The Morgan fingerprint density at radius 3 is 2.48 bits per heavy atom. The number of hydrogen-bond donors (Lipinski definition) is 0. The van der Waals surface area contributed by atoms with Gasteiger partial charge in [-0.15, -0.1) is 0 Å². The predicted molar refractivity (Wildman–Crippen MR) is 67.9 cm³/mol. The summed E-state index contributed by atoms with van der Waals surface area (Å²) in [6.07, 6.45) is 0.874. The van der Waals surface area contributed by atoms with Gasteiger partial charge in [0.25, 0.3) is 5.69 Å². The first-order valence-corrected chi connectivity index (χ1v) is 6.09. The third kappa shape index (κ3) is 2.47. The van der Waals surface area contributed by atoms with Gasteiger partial charge in [-0.3, -0.25) is 10.1 Å². The number of aliphatic carboxylic acids is 1. The number of nitro benzene ring substituents is 1. The summed E-state index contributed by atoms with van der Waals surface area (Å²) in [5.41, 5.74) is -0.500. The molecule has 2 rings (SSSR count). The Morgan fingerprint density at radius 1 is 1.33 bits per heavy atom. The molecule has 0 aromatic heterocycles. The minimum atomic E-state index is -1.32. The van der Waals surface area contributed by atoms with Crippen molar-refractivity contribution in [3.05, 3.63) is 33.4 Å². The molecule has 1 saturated heterocycles. The highest BCUT2D eigenvalue weighted by atomic mass is 16.6. The van der Waals surface area contributed by atoms with Gasteiger partial charge in [0.15, 0.2) is 0 Å². The Kier molecular flexibility index (Phi) is 3.72. The molecule has 0 saturated carbocycles. The molecule has 1 aliphatic rings. The molecule has 21 heavy (non-hydrogen) atoms. The molecule has 1 aromatic rings. The van der Waals surface area contributed by atoms with Gasteiger partial charge >= 0.3 is 0 Å². The Bertz CT molecular complexity index is 701. The van der Waals surface area contributed by atoms with Gasteiger partial charge in [0.1, 0.15) is 17.8 Å². The fourth-order valence-corrected chi connectivity index (χ4v) is 2.44. The van der Waals surface area contributed by atoms with Crippen LogP contribution in [0.5, 0.6) is 0 Å². The van der Waals surface area contributed by atoms with Crippen LogP contribution in [0.3, 0.4) is 0 Å². The summed E-state index contributed by atoms with van der Waals surface area (Å²) in [6.45, 7) is 0.316. The molecule has 0 amide bonds. The summed E-state index contributed by atoms with van der Waals surface area (Å²) in [5, 5.41) is 40.2. The number of nitro groups is 1. The number of carbonyl (C=O) groups is 1. The number of nitrogens with zero attached hydrogens (tertiary/aromatic N) is 4. The number of nitriles is 2. The van der Waals surface area contributed by atoms with Gasteiger partial charge in [0.2, 0.25) is 0 Å². The molecule has 1 aromatic carbocycles. The first-order chi connectivity index (χ1) is 9.99. The predicted octanol–water partition coefficient (Wildman–Crippen LogP) is 0.0569.